The van der Waals surface area contributed by atoms with Crippen molar-refractivity contribution in [3.05, 3.63) is 0 Å². The maximum atomic E-state index is 8.58. The molecule has 0 aliphatic carbocycles. The van der Waals surface area contributed by atoms with E-state index in [0.717, 1.165) is 0 Å². The second kappa shape index (κ2) is 15.6. The van der Waals surface area contributed by atoms with Crippen LogP contribution < -0.4 is 7.38 Å². The third kappa shape index (κ3) is 90.3. The van der Waals surface area contributed by atoms with Gasteiger partial charge in [-0.05, 0) is 0 Å². The zero-order valence-electron chi connectivity index (χ0n) is 3.55. The number of hydrogen-bond acceptors (Lipinski definition) is 3. The first-order valence-electron chi connectivity index (χ1n) is 0.612. The molecule has 0 bridgehead atoms. The van der Waals surface area contributed by atoms with Gasteiger partial charge in [0.05, 0.1) is 0 Å². The largest absolute Gasteiger partial charge is 2.00 e. The van der Waals surface area contributed by atoms with Crippen molar-refractivity contribution in [2.45, 2.75) is 0 Å². The fraction of sp³-hybridized carbons (Fsp3) is 0. The predicted octanol–water partition coefficient (Wildman–Crippen LogP) is -2.62. The summed E-state index contributed by atoms with van der Waals surface area (Å²) in [6.45, 7) is 0. The van der Waals surface area contributed by atoms with Crippen molar-refractivity contribution in [1.82, 2.24) is 0 Å². The Hall–Kier alpha value is 1.64. The molecule has 0 fully saturated rings. The topological polar surface area (TPSA) is 91.7 Å². The van der Waals surface area contributed by atoms with E-state index < -0.39 is 18.6 Å². The van der Waals surface area contributed by atoms with E-state index in [1.165, 1.54) is 0 Å². The van der Waals surface area contributed by atoms with Crippen molar-refractivity contribution in [1.29, 1.82) is 0 Å². The third-order valence-corrected chi connectivity index (χ3v) is 0. The van der Waals surface area contributed by atoms with E-state index >= 15 is 0 Å². The van der Waals surface area contributed by atoms with E-state index in [2.05, 4.69) is 0 Å². The predicted molar refractivity (Wildman–Crippen MR) is 1.37 cm³/mol. The first-order chi connectivity index (χ1) is 1.73. The molecule has 0 radical (unpaired) electrons. The molecule has 0 aromatic carbocycles. The van der Waals surface area contributed by atoms with Gasteiger partial charge < -0.3 is 5.48 Å². The second-order valence-electron chi connectivity index (χ2n) is 0.250. The minimum atomic E-state index is -4.08. The monoisotopic (exact) mass is 240 g/mol. The van der Waals surface area contributed by atoms with E-state index in [-0.39, 0.29) is 44.4 Å². The average Bonchev–Trinajstić information content (AvgIpc) is 0.811. The summed E-state index contributed by atoms with van der Waals surface area (Å²) >= 11 is -4.08. The molecule has 0 spiro atoms. The van der Waals surface area contributed by atoms with Gasteiger partial charge in [0.1, 0.15) is 0 Å². The van der Waals surface area contributed by atoms with Crippen LogP contribution in [0, 0.1) is 0 Å². The molecule has 0 N–H and O–H groups in total. The maximum Gasteiger partial charge on any atom is 2.00 e. The van der Waals surface area contributed by atoms with Gasteiger partial charge in [-0.2, -0.15) is 0 Å². The van der Waals surface area contributed by atoms with Gasteiger partial charge in [-0.25, -0.2) is 0 Å². The van der Waals surface area contributed by atoms with Crippen LogP contribution in [-0.4, -0.2) is 0 Å². The van der Waals surface area contributed by atoms with Crippen LogP contribution in [0.5, 0.6) is 0 Å². The molecule has 0 saturated heterocycles. The van der Waals surface area contributed by atoms with E-state index in [1.54, 1.807) is 0 Å². The number of hydrogen-bond donors (Lipinski definition) is 0. The van der Waals surface area contributed by atoms with E-state index in [1.807, 2.05) is 0 Å². The minimum absolute atomic E-state index is 0. The molecule has 7 heavy (non-hydrogen) atoms. The van der Waals surface area contributed by atoms with Crippen LogP contribution in [-0.2, 0) is 66.4 Å². The maximum absolute atomic E-state index is 8.58. The summed E-state index contributed by atoms with van der Waals surface area (Å²) in [5.41, 5.74) is 0. The summed E-state index contributed by atoms with van der Waals surface area (Å²) in [5.74, 6) is 0. The average molecular weight is 243 g/mol. The molecule has 0 aromatic heterocycles. The van der Waals surface area contributed by atoms with Crippen LogP contribution >= 0.6 is 0 Å². The zero-order valence-corrected chi connectivity index (χ0v) is 11.0. The van der Waals surface area contributed by atoms with Crippen molar-refractivity contribution in [2.24, 2.45) is 0 Å². The van der Waals surface area contributed by atoms with Gasteiger partial charge in [0.2, 0.25) is 0 Å². The Kier molecular flexibility index (Phi) is 52.4. The van der Waals surface area contributed by atoms with E-state index in [9.17, 15) is 0 Å². The molecular formula is O4TiZn2. The molecule has 0 atom stereocenters. The van der Waals surface area contributed by atoms with Crippen molar-refractivity contribution in [3.8, 4) is 0 Å². The molecule has 0 saturated carbocycles. The van der Waals surface area contributed by atoms with Crippen molar-refractivity contribution >= 4 is 0 Å². The molecule has 7 heteroatoms. The Labute approximate surface area is 73.2 Å². The fourth-order valence-electron chi connectivity index (χ4n) is 0. The Balaban J connectivity index is -0.0000000150. The Bertz CT molecular complexity index is 32.7. The van der Waals surface area contributed by atoms with Crippen LogP contribution in [0.25, 0.3) is 0 Å². The number of rotatable bonds is 0. The van der Waals surface area contributed by atoms with Crippen molar-refractivity contribution < 1.29 is 73.7 Å². The first-order valence-corrected chi connectivity index (χ1v) is 2.52. The SMILES string of the molecule is [O-2].[O]=[Ti]([O-])[O-].[Zn+2].[Zn+2]. The molecule has 0 heterocycles. The van der Waals surface area contributed by atoms with Crippen LogP contribution in [0.15, 0.2) is 0 Å². The van der Waals surface area contributed by atoms with Gasteiger partial charge in [-0.15, -0.1) is 0 Å². The molecule has 0 unspecified atom stereocenters. The minimum Gasteiger partial charge on any atom is 2.00 e. The second-order valence-corrected chi connectivity index (χ2v) is 1.03. The summed E-state index contributed by atoms with van der Waals surface area (Å²) in [5, 5.41) is 0. The van der Waals surface area contributed by atoms with Gasteiger partial charge in [-0.1, -0.05) is 0 Å². The Morgan fingerprint density at radius 2 is 1.14 bits per heavy atom. The summed E-state index contributed by atoms with van der Waals surface area (Å²) in [4.78, 5) is 0. The van der Waals surface area contributed by atoms with Crippen LogP contribution in [0.1, 0.15) is 0 Å². The zero-order chi connectivity index (χ0) is 3.58. The van der Waals surface area contributed by atoms with Crippen molar-refractivity contribution in [2.75, 3.05) is 0 Å². The van der Waals surface area contributed by atoms with Gasteiger partial charge >= 0.3 is 68.3 Å². The Morgan fingerprint density at radius 3 is 1.14 bits per heavy atom. The molecule has 0 aliphatic heterocycles. The van der Waals surface area contributed by atoms with E-state index in [0.29, 0.717) is 0 Å². The molecule has 0 aromatic rings. The summed E-state index contributed by atoms with van der Waals surface area (Å²) in [7, 11) is 0. The van der Waals surface area contributed by atoms with Gasteiger partial charge in [-0.3, -0.25) is 0 Å². The Morgan fingerprint density at radius 1 is 1.14 bits per heavy atom. The summed E-state index contributed by atoms with van der Waals surface area (Å²) in [6.07, 6.45) is 0. The molecular weight excluding hydrogens is 243 g/mol. The normalized spacial score (nSPS) is 3.71. The molecule has 4 nitrogen and oxygen atoms in total. The quantitative estimate of drug-likeness (QED) is 0.435. The molecule has 0 amide bonds. The smallest absolute Gasteiger partial charge is 2.00 e. The van der Waals surface area contributed by atoms with Crippen LogP contribution in [0.2, 0.25) is 0 Å². The van der Waals surface area contributed by atoms with E-state index in [4.69, 9.17) is 10.7 Å². The third-order valence-electron chi connectivity index (χ3n) is 0. The van der Waals surface area contributed by atoms with Crippen LogP contribution in [0.3, 0.4) is 0 Å². The molecule has 0 aliphatic rings. The summed E-state index contributed by atoms with van der Waals surface area (Å²) in [6, 6.07) is 0. The standard InChI is InChI=1S/4O.Ti.2Zn/q;-2;2*-1;;2*+2. The van der Waals surface area contributed by atoms with Gasteiger partial charge in [0.25, 0.3) is 0 Å². The molecule has 0 rings (SSSR count). The molecule has 32 valence electrons. The van der Waals surface area contributed by atoms with Crippen molar-refractivity contribution in [3.63, 3.8) is 0 Å². The van der Waals surface area contributed by atoms with Gasteiger partial charge in [0, 0.05) is 0 Å². The summed E-state index contributed by atoms with van der Waals surface area (Å²) < 4.78 is 25.8. The van der Waals surface area contributed by atoms with Gasteiger partial charge in [0.15, 0.2) is 0 Å². The fourth-order valence-corrected chi connectivity index (χ4v) is 0. The van der Waals surface area contributed by atoms with Crippen LogP contribution in [0.4, 0.5) is 0 Å². The first kappa shape index (κ1) is 23.4.